The lowest BCUT2D eigenvalue weighted by molar-refractivity contribution is -0.395. The number of carbonyl (C=O) groups is 8. The first-order chi connectivity index (χ1) is 48.4. The van der Waals surface area contributed by atoms with E-state index in [9.17, 15) is 99.1 Å². The number of hydrogen-bond acceptors (Lipinski definition) is 25. The second kappa shape index (κ2) is 51.2. The Morgan fingerprint density at radius 3 is 0.951 bits per heavy atom. The molecule has 6 aromatic rings. The van der Waals surface area contributed by atoms with Crippen LogP contribution >= 0.6 is 0 Å². The summed E-state index contributed by atoms with van der Waals surface area (Å²) < 4.78 is 0. The average molecular weight is 1460 g/mol. The number of aromatic hydroxyl groups is 5. The Morgan fingerprint density at radius 2 is 0.660 bits per heavy atom. The molecule has 0 atom stereocenters. The molecule has 6 rings (SSSR count). The highest BCUT2D eigenvalue weighted by Crippen LogP contribution is 2.35. The van der Waals surface area contributed by atoms with E-state index in [-0.39, 0.29) is 28.2 Å². The van der Waals surface area contributed by atoms with Crippen molar-refractivity contribution < 1.29 is 140 Å². The minimum Gasteiger partial charge on any atom is -0.508 e. The van der Waals surface area contributed by atoms with Crippen LogP contribution in [0.5, 0.6) is 28.7 Å². The molecule has 6 aromatic carbocycles. The van der Waals surface area contributed by atoms with E-state index in [2.05, 4.69) is 0 Å². The van der Waals surface area contributed by atoms with E-state index >= 15 is 0 Å². The normalized spacial score (nSPS) is 9.74. The van der Waals surface area contributed by atoms with Gasteiger partial charge in [-0.2, -0.15) is 0 Å². The summed E-state index contributed by atoms with van der Waals surface area (Å²) in [6, 6.07) is 23.0. The Hall–Kier alpha value is -13.0. The summed E-state index contributed by atoms with van der Waals surface area (Å²) in [5, 5.41) is 182. The molecule has 0 unspecified atom stereocenters. The predicted molar refractivity (Wildman–Crippen MR) is 359 cm³/mol. The van der Waals surface area contributed by atoms with Crippen LogP contribution in [0.2, 0.25) is 0 Å². The van der Waals surface area contributed by atoms with Crippen molar-refractivity contribution in [1.82, 2.24) is 0 Å². The molecule has 0 heterocycles. The number of nitro groups is 5. The van der Waals surface area contributed by atoms with Gasteiger partial charge in [0.25, 0.3) is 11.4 Å². The molecule has 0 saturated carbocycles. The highest BCUT2D eigenvalue weighted by molar-refractivity contribution is 5.94. The molecular weight excluding hydrogens is 1380 g/mol. The van der Waals surface area contributed by atoms with E-state index in [4.69, 9.17) is 66.4 Å². The van der Waals surface area contributed by atoms with Crippen molar-refractivity contribution in [2.24, 2.45) is 0 Å². The summed E-state index contributed by atoms with van der Waals surface area (Å²) in [5.74, 6) is -12.0. The number of nitro benzene ring substituents is 5. The third-order valence-corrected chi connectivity index (χ3v) is 13.0. The molecule has 0 fully saturated rings. The molecule has 0 aliphatic carbocycles. The van der Waals surface area contributed by atoms with Crippen molar-refractivity contribution in [3.05, 3.63) is 205 Å². The number of aromatic carboxylic acids is 6. The second-order valence-corrected chi connectivity index (χ2v) is 20.9. The minimum absolute atomic E-state index is 0.0279. The lowest BCUT2D eigenvalue weighted by atomic mass is 10.1. The smallest absolute Gasteiger partial charge is 0.340 e. The SMILES string of the molecule is Cc1ccc(C(=O)O)cc1.O=C(O)CCCCCCCCCCCO.O=C(O)CCCCCCCCCO.O=C(O)c1cc([N+](=O)[O-])cc([N+](=O)[O-])c1O.O=C(O)c1cc([N+](=O)[O-])cc([N+](=O)[O-])c1O.O=C(O)c1ccc(O)c([N+](=O)[O-])c1.O=C(O)c1cccc(O)c1.O=C(O)c1ccccc1O. The number of carboxylic acid groups (broad SMARTS) is 8. The Kier molecular flexibility index (Phi) is 45.8. The number of aliphatic carboxylic acids is 2. The Bertz CT molecular complexity index is 3640. The fourth-order valence-electron chi connectivity index (χ4n) is 7.71. The molecular formula is C65H77N5O33. The lowest BCUT2D eigenvalue weighted by Gasteiger charge is -2.00. The van der Waals surface area contributed by atoms with Crippen molar-refractivity contribution in [3.63, 3.8) is 0 Å². The minimum atomic E-state index is -1.69. The van der Waals surface area contributed by atoms with E-state index in [1.54, 1.807) is 36.4 Å². The number of phenolic OH excluding ortho intramolecular Hbond substituents is 2. The fraction of sp³-hybridized carbons (Fsp3) is 0.323. The van der Waals surface area contributed by atoms with Crippen molar-refractivity contribution in [1.29, 1.82) is 0 Å². The van der Waals surface area contributed by atoms with Crippen LogP contribution in [-0.2, 0) is 9.59 Å². The Balaban J connectivity index is 0. The van der Waals surface area contributed by atoms with Crippen LogP contribution in [0.25, 0.3) is 0 Å². The maximum absolute atomic E-state index is 10.6. The monoisotopic (exact) mass is 1460 g/mol. The van der Waals surface area contributed by atoms with Crippen LogP contribution in [0.1, 0.15) is 183 Å². The molecule has 0 radical (unpaired) electrons. The number of non-ortho nitro benzene ring substituents is 2. The quantitative estimate of drug-likeness (QED) is 0.0109. The van der Waals surface area contributed by atoms with Gasteiger partial charge in [-0.1, -0.05) is 113 Å². The summed E-state index contributed by atoms with van der Waals surface area (Å²) in [5.41, 5.74) is -4.77. The number of benzene rings is 6. The summed E-state index contributed by atoms with van der Waals surface area (Å²) in [4.78, 5) is 129. The number of carboxylic acids is 8. The van der Waals surface area contributed by atoms with E-state index < -0.39 is 129 Å². The topological polar surface area (TPSA) is 656 Å². The first-order valence-corrected chi connectivity index (χ1v) is 30.3. The number of nitrogens with zero attached hydrogens (tertiary/aromatic N) is 5. The van der Waals surface area contributed by atoms with Crippen LogP contribution in [0.15, 0.2) is 115 Å². The Morgan fingerprint density at radius 1 is 0.320 bits per heavy atom. The highest BCUT2D eigenvalue weighted by atomic mass is 16.6. The van der Waals surface area contributed by atoms with Crippen LogP contribution in [0.3, 0.4) is 0 Å². The third-order valence-electron chi connectivity index (χ3n) is 13.0. The molecule has 560 valence electrons. The number of unbranched alkanes of at least 4 members (excludes halogenated alkanes) is 14. The fourth-order valence-corrected chi connectivity index (χ4v) is 7.71. The first kappa shape index (κ1) is 92.1. The standard InChI is InChI=1S/C12H24O3.C10H20O3.C8H8O2.2C7H4N2O7.C7H5NO5.2C7H6O3/c13-11-9-7-5-3-1-2-4-6-8-10-12(14)15;11-9-7-5-3-1-2-4-6-8-10(12)13;1-6-2-4-7(5-3-6)8(9)10;2*10-6-4(7(11)12)1-3(8(13)14)2-5(6)9(15)16;9-6-2-1-4(7(10)11)3-5(6)8(12)13;8-6-3-1-2-5(4-6)7(9)10;8-6-4-2-1-3-5(6)7(9)10/h13H,1-11H2,(H,14,15);11H,1-9H2,(H,12,13);2-5H,1H3,(H,9,10);2*1-2,10H,(H,11,12);1-3,9H,(H,10,11);2*1-4,8H,(H,9,10). The molecule has 0 spiro atoms. The van der Waals surface area contributed by atoms with Crippen LogP contribution < -0.4 is 0 Å². The molecule has 38 heteroatoms. The van der Waals surface area contributed by atoms with Crippen LogP contribution in [0.4, 0.5) is 28.4 Å². The maximum atomic E-state index is 10.6. The van der Waals surface area contributed by atoms with E-state index in [1.165, 1.54) is 68.5 Å². The first-order valence-electron chi connectivity index (χ1n) is 30.3. The molecule has 0 bridgehead atoms. The van der Waals surface area contributed by atoms with E-state index in [0.29, 0.717) is 55.9 Å². The lowest BCUT2D eigenvalue weighted by Crippen LogP contribution is -2.02. The number of hydrogen-bond donors (Lipinski definition) is 15. The molecule has 0 saturated heterocycles. The van der Waals surface area contributed by atoms with Crippen molar-refractivity contribution in [2.45, 2.75) is 122 Å². The van der Waals surface area contributed by atoms with Gasteiger partial charge in [-0.05, 0) is 87.2 Å². The Labute approximate surface area is 583 Å². The number of rotatable bonds is 31. The van der Waals surface area contributed by atoms with Gasteiger partial charge >= 0.3 is 64.8 Å². The highest BCUT2D eigenvalue weighted by Gasteiger charge is 2.28. The predicted octanol–water partition coefficient (Wildman–Crippen LogP) is 11.8. The van der Waals surface area contributed by atoms with Gasteiger partial charge in [-0.3, -0.25) is 60.2 Å². The summed E-state index contributed by atoms with van der Waals surface area (Å²) >= 11 is 0. The van der Waals surface area contributed by atoms with E-state index in [1.807, 2.05) is 6.92 Å². The molecule has 0 aliphatic heterocycles. The molecule has 38 nitrogen and oxygen atoms in total. The van der Waals surface area contributed by atoms with Gasteiger partial charge in [0.05, 0.1) is 53.4 Å². The largest absolute Gasteiger partial charge is 0.508 e. The zero-order valence-electron chi connectivity index (χ0n) is 54.9. The van der Waals surface area contributed by atoms with Crippen molar-refractivity contribution in [2.75, 3.05) is 13.2 Å². The summed E-state index contributed by atoms with van der Waals surface area (Å²) in [7, 11) is 0. The zero-order chi connectivity index (χ0) is 78.9. The number of phenols is 5. The molecule has 0 amide bonds. The number of aliphatic hydroxyl groups is 2. The van der Waals surface area contributed by atoms with Gasteiger partial charge in [0.1, 0.15) is 28.2 Å². The van der Waals surface area contributed by atoms with E-state index in [0.717, 1.165) is 94.4 Å². The third kappa shape index (κ3) is 40.5. The maximum Gasteiger partial charge on any atom is 0.340 e. The molecule has 0 aromatic heterocycles. The number of aryl methyl sites for hydroxylation is 1. The van der Waals surface area contributed by atoms with Gasteiger partial charge in [0.2, 0.25) is 11.5 Å². The van der Waals surface area contributed by atoms with Gasteiger partial charge in [-0.25, -0.2) is 28.8 Å². The average Bonchev–Trinajstić information content (AvgIpc) is 0.819. The molecule has 103 heavy (non-hydrogen) atoms. The van der Waals surface area contributed by atoms with Gasteiger partial charge in [0.15, 0.2) is 5.75 Å². The van der Waals surface area contributed by atoms with Crippen LogP contribution in [0, 0.1) is 57.5 Å². The zero-order valence-corrected chi connectivity index (χ0v) is 54.9. The van der Waals surface area contributed by atoms with Crippen LogP contribution in [-0.4, -0.2) is 162 Å². The van der Waals surface area contributed by atoms with Gasteiger partial charge in [0, 0.05) is 44.3 Å². The number of para-hydroxylation sites is 1. The number of aliphatic hydroxyl groups excluding tert-OH is 2. The molecule has 0 aliphatic rings. The van der Waals surface area contributed by atoms with Gasteiger partial charge in [-0.15, -0.1) is 0 Å². The van der Waals surface area contributed by atoms with Crippen molar-refractivity contribution in [3.8, 4) is 28.7 Å². The summed E-state index contributed by atoms with van der Waals surface area (Å²) in [6.45, 7) is 2.53. The second-order valence-electron chi connectivity index (χ2n) is 20.9. The molecule has 15 N–H and O–H groups in total. The van der Waals surface area contributed by atoms with Crippen molar-refractivity contribution >= 4 is 76.2 Å². The van der Waals surface area contributed by atoms with Gasteiger partial charge < -0.3 is 76.6 Å². The summed E-state index contributed by atoms with van der Waals surface area (Å²) in [6.07, 6.45) is 17.9.